The van der Waals surface area contributed by atoms with E-state index in [4.69, 9.17) is 0 Å². The first-order valence-electron chi connectivity index (χ1n) is 9.12. The number of carbonyl (C=O) groups is 2. The first-order chi connectivity index (χ1) is 12.5. The van der Waals surface area contributed by atoms with Crippen molar-refractivity contribution in [3.63, 3.8) is 0 Å². The highest BCUT2D eigenvalue weighted by Gasteiger charge is 2.42. The molecule has 6 nitrogen and oxygen atoms in total. The van der Waals surface area contributed by atoms with E-state index in [9.17, 15) is 9.59 Å². The first kappa shape index (κ1) is 16.8. The molecular formula is C20H24N4O2. The molecule has 0 spiro atoms. The minimum Gasteiger partial charge on any atom is -0.345 e. The summed E-state index contributed by atoms with van der Waals surface area (Å²) in [5, 5.41) is 0. The molecule has 0 unspecified atom stereocenters. The summed E-state index contributed by atoms with van der Waals surface area (Å²) < 4.78 is 1.91. The summed E-state index contributed by atoms with van der Waals surface area (Å²) in [4.78, 5) is 32.6. The Morgan fingerprint density at radius 3 is 2.62 bits per heavy atom. The number of benzene rings is 1. The molecule has 0 radical (unpaired) electrons. The van der Waals surface area contributed by atoms with Crippen molar-refractivity contribution in [1.82, 2.24) is 19.4 Å². The molecule has 1 saturated carbocycles. The summed E-state index contributed by atoms with van der Waals surface area (Å²) in [6.45, 7) is 0.821. The lowest BCUT2D eigenvalue weighted by Gasteiger charge is -2.31. The number of amides is 2. The summed E-state index contributed by atoms with van der Waals surface area (Å²) >= 11 is 0. The molecule has 0 N–H and O–H groups in total. The summed E-state index contributed by atoms with van der Waals surface area (Å²) in [7, 11) is 3.77. The van der Waals surface area contributed by atoms with Crippen LogP contribution in [0.3, 0.4) is 0 Å². The van der Waals surface area contributed by atoms with Gasteiger partial charge in [-0.3, -0.25) is 9.59 Å². The second-order valence-corrected chi connectivity index (χ2v) is 7.56. The Kier molecular flexibility index (Phi) is 4.26. The fourth-order valence-electron chi connectivity index (χ4n) is 4.36. The van der Waals surface area contributed by atoms with E-state index in [1.54, 1.807) is 12.5 Å². The lowest BCUT2D eigenvalue weighted by molar-refractivity contribution is -0.134. The van der Waals surface area contributed by atoms with Gasteiger partial charge in [0.1, 0.15) is 0 Å². The SMILES string of the molecule is CN1C[C@H]2C[C@@H](N(C)C(=O)c3ccc(-n4ccnc4)cc3)C[C@H]2CC1=O. The minimum absolute atomic E-state index is 0.0468. The predicted octanol–water partition coefficient (Wildman–Crippen LogP) is 2.20. The summed E-state index contributed by atoms with van der Waals surface area (Å²) in [5.41, 5.74) is 1.68. The van der Waals surface area contributed by atoms with Crippen LogP contribution in [0.4, 0.5) is 0 Å². The Labute approximate surface area is 153 Å². The number of carbonyl (C=O) groups excluding carboxylic acids is 2. The summed E-state index contributed by atoms with van der Waals surface area (Å²) in [5.74, 6) is 1.21. The fourth-order valence-corrected chi connectivity index (χ4v) is 4.36. The number of fused-ring (bicyclic) bond motifs is 1. The Morgan fingerprint density at radius 2 is 1.92 bits per heavy atom. The third-order valence-electron chi connectivity index (χ3n) is 5.97. The topological polar surface area (TPSA) is 58.4 Å². The van der Waals surface area contributed by atoms with Crippen molar-refractivity contribution in [3.05, 3.63) is 48.5 Å². The van der Waals surface area contributed by atoms with Crippen LogP contribution in [0.1, 0.15) is 29.6 Å². The molecule has 2 heterocycles. The zero-order valence-electron chi connectivity index (χ0n) is 15.2. The van der Waals surface area contributed by atoms with Crippen molar-refractivity contribution >= 4 is 11.8 Å². The molecule has 1 saturated heterocycles. The van der Waals surface area contributed by atoms with Gasteiger partial charge in [0.05, 0.1) is 6.33 Å². The number of aromatic nitrogens is 2. The van der Waals surface area contributed by atoms with Crippen LogP contribution >= 0.6 is 0 Å². The average Bonchev–Trinajstić information content (AvgIpc) is 3.31. The van der Waals surface area contributed by atoms with Crippen LogP contribution < -0.4 is 0 Å². The van der Waals surface area contributed by atoms with Gasteiger partial charge in [0.25, 0.3) is 5.91 Å². The molecule has 1 aromatic heterocycles. The van der Waals surface area contributed by atoms with Gasteiger partial charge in [0.2, 0.25) is 5.91 Å². The summed E-state index contributed by atoms with van der Waals surface area (Å²) in [6.07, 6.45) is 7.88. The number of piperidine rings is 1. The Balaban J connectivity index is 1.44. The van der Waals surface area contributed by atoms with Gasteiger partial charge < -0.3 is 14.4 Å². The molecule has 4 rings (SSSR count). The molecule has 0 bridgehead atoms. The number of nitrogens with zero attached hydrogens (tertiary/aromatic N) is 4. The van der Waals surface area contributed by atoms with Gasteiger partial charge in [-0.25, -0.2) is 4.98 Å². The molecule has 2 fully saturated rings. The highest BCUT2D eigenvalue weighted by atomic mass is 16.2. The highest BCUT2D eigenvalue weighted by molar-refractivity contribution is 5.94. The van der Waals surface area contributed by atoms with E-state index in [1.165, 1.54) is 0 Å². The second kappa shape index (κ2) is 6.59. The molecule has 2 aliphatic rings. The number of rotatable bonds is 3. The van der Waals surface area contributed by atoms with E-state index < -0.39 is 0 Å². The van der Waals surface area contributed by atoms with E-state index in [2.05, 4.69) is 4.98 Å². The van der Waals surface area contributed by atoms with Crippen molar-refractivity contribution < 1.29 is 9.59 Å². The van der Waals surface area contributed by atoms with Crippen LogP contribution in [0.5, 0.6) is 0 Å². The molecule has 1 aliphatic heterocycles. The van der Waals surface area contributed by atoms with Gasteiger partial charge in [0.15, 0.2) is 0 Å². The van der Waals surface area contributed by atoms with Crippen LogP contribution in [0.2, 0.25) is 0 Å². The van der Waals surface area contributed by atoms with Crippen molar-refractivity contribution in [2.45, 2.75) is 25.3 Å². The Hall–Kier alpha value is -2.63. The molecule has 1 aliphatic carbocycles. The quantitative estimate of drug-likeness (QED) is 0.851. The molecule has 6 heteroatoms. The van der Waals surface area contributed by atoms with E-state index >= 15 is 0 Å². The first-order valence-corrected chi connectivity index (χ1v) is 9.12. The molecule has 136 valence electrons. The monoisotopic (exact) mass is 352 g/mol. The smallest absolute Gasteiger partial charge is 0.253 e. The van der Waals surface area contributed by atoms with E-state index in [0.717, 1.165) is 25.1 Å². The Bertz CT molecular complexity index is 800. The summed E-state index contributed by atoms with van der Waals surface area (Å²) in [6, 6.07) is 7.82. The number of hydrogen-bond donors (Lipinski definition) is 0. The van der Waals surface area contributed by atoms with Crippen LogP contribution in [-0.2, 0) is 4.79 Å². The van der Waals surface area contributed by atoms with Crippen LogP contribution in [0, 0.1) is 11.8 Å². The molecule has 2 aromatic rings. The number of imidazole rings is 1. The molecule has 1 aromatic carbocycles. The van der Waals surface area contributed by atoms with Crippen molar-refractivity contribution in [2.24, 2.45) is 11.8 Å². The van der Waals surface area contributed by atoms with E-state index in [-0.39, 0.29) is 17.9 Å². The third kappa shape index (κ3) is 3.00. The Morgan fingerprint density at radius 1 is 1.19 bits per heavy atom. The van der Waals surface area contributed by atoms with Crippen molar-refractivity contribution in [2.75, 3.05) is 20.6 Å². The molecule has 3 atom stereocenters. The predicted molar refractivity (Wildman–Crippen MR) is 97.9 cm³/mol. The lowest BCUT2D eigenvalue weighted by Crippen LogP contribution is -2.39. The van der Waals surface area contributed by atoms with Gasteiger partial charge in [0, 0.05) is 56.7 Å². The largest absolute Gasteiger partial charge is 0.345 e. The minimum atomic E-state index is 0.0468. The van der Waals surface area contributed by atoms with Crippen LogP contribution in [0.15, 0.2) is 43.0 Å². The van der Waals surface area contributed by atoms with Gasteiger partial charge >= 0.3 is 0 Å². The lowest BCUT2D eigenvalue weighted by atomic mass is 9.88. The van der Waals surface area contributed by atoms with Crippen molar-refractivity contribution in [3.8, 4) is 5.69 Å². The number of hydrogen-bond acceptors (Lipinski definition) is 3. The normalized spacial score (nSPS) is 25.2. The number of likely N-dealkylation sites (tertiary alicyclic amines) is 1. The van der Waals surface area contributed by atoms with E-state index in [0.29, 0.717) is 23.8 Å². The molecule has 26 heavy (non-hydrogen) atoms. The van der Waals surface area contributed by atoms with Crippen molar-refractivity contribution in [1.29, 1.82) is 0 Å². The van der Waals surface area contributed by atoms with E-state index in [1.807, 2.05) is 58.9 Å². The average molecular weight is 352 g/mol. The zero-order valence-corrected chi connectivity index (χ0v) is 15.2. The van der Waals surface area contributed by atoms with Crippen LogP contribution in [0.25, 0.3) is 5.69 Å². The van der Waals surface area contributed by atoms with Gasteiger partial charge in [-0.2, -0.15) is 0 Å². The van der Waals surface area contributed by atoms with Gasteiger partial charge in [-0.15, -0.1) is 0 Å². The molecule has 2 amide bonds. The van der Waals surface area contributed by atoms with Gasteiger partial charge in [-0.05, 0) is 48.9 Å². The standard InChI is InChI=1S/C20H24N4O2/c1-22-12-16-10-18(9-15(16)11-19(22)25)23(2)20(26)14-3-5-17(6-4-14)24-8-7-21-13-24/h3-8,13,15-16,18H,9-12H2,1-2H3/t15-,16+,18-/m0/s1. The van der Waals surface area contributed by atoms with Gasteiger partial charge in [-0.1, -0.05) is 0 Å². The maximum atomic E-state index is 12.9. The second-order valence-electron chi connectivity index (χ2n) is 7.56. The molecular weight excluding hydrogens is 328 g/mol. The highest BCUT2D eigenvalue weighted by Crippen LogP contribution is 2.40. The van der Waals surface area contributed by atoms with Crippen LogP contribution in [-0.4, -0.2) is 57.8 Å². The zero-order chi connectivity index (χ0) is 18.3. The maximum Gasteiger partial charge on any atom is 0.253 e. The maximum absolute atomic E-state index is 12.9. The fraction of sp³-hybridized carbons (Fsp3) is 0.450. The third-order valence-corrected chi connectivity index (χ3v) is 5.97.